The maximum atomic E-state index is 6.74. The molecule has 0 aliphatic heterocycles. The van der Waals surface area contributed by atoms with Gasteiger partial charge in [0.1, 0.15) is 22.3 Å². The van der Waals surface area contributed by atoms with E-state index in [2.05, 4.69) is 24.3 Å². The standard InChI is InChI=1S/C48H28N6O2/c1-4-14-29(15-5-1)43-49-44(30-16-6-2-7-17-30)51-46(50-43)32-26-27-34-36-22-13-24-38(42(36)56-40(34)28-32)48-53-45(31-18-8-3-9-19-31)52-47(54-48)37-23-12-21-35-33-20-10-11-25-39(33)55-41(35)37/h1-28H. The van der Waals surface area contributed by atoms with Crippen molar-refractivity contribution in [1.29, 1.82) is 0 Å². The molecule has 0 spiro atoms. The maximum absolute atomic E-state index is 6.74. The van der Waals surface area contributed by atoms with E-state index in [1.54, 1.807) is 0 Å². The normalized spacial score (nSPS) is 11.6. The third-order valence-corrected chi connectivity index (χ3v) is 10.0. The number of furan rings is 2. The Morgan fingerprint density at radius 1 is 0.268 bits per heavy atom. The average Bonchev–Trinajstić information content (AvgIpc) is 3.85. The van der Waals surface area contributed by atoms with Gasteiger partial charge >= 0.3 is 0 Å². The highest BCUT2D eigenvalue weighted by Gasteiger charge is 2.21. The fourth-order valence-electron chi connectivity index (χ4n) is 7.31. The van der Waals surface area contributed by atoms with Gasteiger partial charge in [0.25, 0.3) is 0 Å². The van der Waals surface area contributed by atoms with Gasteiger partial charge in [0.05, 0.1) is 11.1 Å². The SMILES string of the molecule is c1ccc(-c2nc(-c3ccccc3)nc(-c3ccc4c(c3)oc3c(-c5nc(-c6ccccc6)nc(-c6cccc7c6oc6ccccc67)n5)cccc34)n2)cc1. The van der Waals surface area contributed by atoms with E-state index in [1.165, 1.54) is 0 Å². The highest BCUT2D eigenvalue weighted by atomic mass is 16.3. The van der Waals surface area contributed by atoms with Crippen molar-refractivity contribution in [3.05, 3.63) is 170 Å². The highest BCUT2D eigenvalue weighted by Crippen LogP contribution is 2.39. The Morgan fingerprint density at radius 3 is 1.20 bits per heavy atom. The smallest absolute Gasteiger partial charge is 0.167 e. The van der Waals surface area contributed by atoms with Gasteiger partial charge in [0.2, 0.25) is 0 Å². The molecule has 56 heavy (non-hydrogen) atoms. The van der Waals surface area contributed by atoms with Crippen molar-refractivity contribution >= 4 is 43.9 Å². The summed E-state index contributed by atoms with van der Waals surface area (Å²) in [6, 6.07) is 56.1. The number of hydrogen-bond donors (Lipinski definition) is 0. The van der Waals surface area contributed by atoms with Gasteiger partial charge in [-0.3, -0.25) is 0 Å². The molecule has 0 saturated heterocycles. The molecule has 4 aromatic heterocycles. The minimum absolute atomic E-state index is 0.490. The first-order chi connectivity index (χ1) is 27.7. The Morgan fingerprint density at radius 2 is 0.661 bits per heavy atom. The molecule has 8 nitrogen and oxygen atoms in total. The summed E-state index contributed by atoms with van der Waals surface area (Å²) in [5, 5.41) is 3.94. The van der Waals surface area contributed by atoms with Crippen LogP contribution >= 0.6 is 0 Å². The number of rotatable bonds is 6. The van der Waals surface area contributed by atoms with Crippen LogP contribution in [0.1, 0.15) is 0 Å². The molecule has 0 amide bonds. The summed E-state index contributed by atoms with van der Waals surface area (Å²) in [7, 11) is 0. The first-order valence-electron chi connectivity index (χ1n) is 18.3. The van der Waals surface area contributed by atoms with Crippen LogP contribution in [-0.4, -0.2) is 29.9 Å². The van der Waals surface area contributed by atoms with Crippen LogP contribution in [0.3, 0.4) is 0 Å². The number of nitrogens with zero attached hydrogens (tertiary/aromatic N) is 6. The van der Waals surface area contributed by atoms with E-state index in [0.29, 0.717) is 46.1 Å². The molecule has 11 aromatic rings. The molecule has 262 valence electrons. The molecule has 0 unspecified atom stereocenters. The van der Waals surface area contributed by atoms with Gasteiger partial charge in [-0.05, 0) is 30.3 Å². The van der Waals surface area contributed by atoms with E-state index in [4.69, 9.17) is 38.7 Å². The lowest BCUT2D eigenvalue weighted by molar-refractivity contribution is 0.669. The van der Waals surface area contributed by atoms with E-state index >= 15 is 0 Å². The summed E-state index contributed by atoms with van der Waals surface area (Å²) >= 11 is 0. The number of benzene rings is 7. The molecular weight excluding hydrogens is 693 g/mol. The van der Waals surface area contributed by atoms with Crippen molar-refractivity contribution in [3.63, 3.8) is 0 Å². The van der Waals surface area contributed by atoms with E-state index in [0.717, 1.165) is 66.1 Å². The molecule has 0 aliphatic carbocycles. The van der Waals surface area contributed by atoms with Gasteiger partial charge in [-0.2, -0.15) is 0 Å². The molecule has 0 N–H and O–H groups in total. The van der Waals surface area contributed by atoms with Gasteiger partial charge in [0.15, 0.2) is 34.9 Å². The second-order valence-electron chi connectivity index (χ2n) is 13.5. The van der Waals surface area contributed by atoms with Crippen molar-refractivity contribution < 1.29 is 8.83 Å². The van der Waals surface area contributed by atoms with Crippen molar-refractivity contribution in [2.45, 2.75) is 0 Å². The van der Waals surface area contributed by atoms with Gasteiger partial charge < -0.3 is 8.83 Å². The summed E-state index contributed by atoms with van der Waals surface area (Å²) in [6.45, 7) is 0. The first-order valence-corrected chi connectivity index (χ1v) is 18.3. The lowest BCUT2D eigenvalue weighted by Gasteiger charge is -2.09. The zero-order valence-electron chi connectivity index (χ0n) is 29.7. The maximum Gasteiger partial charge on any atom is 0.167 e. The average molecular weight is 721 g/mol. The third kappa shape index (κ3) is 5.39. The van der Waals surface area contributed by atoms with Gasteiger partial charge in [-0.25, -0.2) is 29.9 Å². The molecule has 0 saturated carbocycles. The minimum Gasteiger partial charge on any atom is -0.455 e. The fourth-order valence-corrected chi connectivity index (χ4v) is 7.31. The Hall–Kier alpha value is -7.84. The van der Waals surface area contributed by atoms with E-state index in [9.17, 15) is 0 Å². The van der Waals surface area contributed by atoms with Crippen LogP contribution in [-0.2, 0) is 0 Å². The second-order valence-corrected chi connectivity index (χ2v) is 13.5. The van der Waals surface area contributed by atoms with Gasteiger partial charge in [-0.15, -0.1) is 0 Å². The van der Waals surface area contributed by atoms with E-state index in [1.807, 2.05) is 146 Å². The Kier molecular flexibility index (Phi) is 7.31. The van der Waals surface area contributed by atoms with E-state index < -0.39 is 0 Å². The molecular formula is C48H28N6O2. The lowest BCUT2D eigenvalue weighted by atomic mass is 10.1. The van der Waals surface area contributed by atoms with Crippen molar-refractivity contribution in [3.8, 4) is 68.3 Å². The van der Waals surface area contributed by atoms with Crippen molar-refractivity contribution in [1.82, 2.24) is 29.9 Å². The van der Waals surface area contributed by atoms with Crippen LogP contribution in [0.25, 0.3) is 112 Å². The fraction of sp³-hybridized carbons (Fsp3) is 0. The highest BCUT2D eigenvalue weighted by molar-refractivity contribution is 6.11. The monoisotopic (exact) mass is 720 g/mol. The van der Waals surface area contributed by atoms with Crippen LogP contribution in [0, 0.1) is 0 Å². The molecule has 0 radical (unpaired) electrons. The molecule has 0 bridgehead atoms. The van der Waals surface area contributed by atoms with Gasteiger partial charge in [-0.1, -0.05) is 140 Å². The van der Waals surface area contributed by atoms with Crippen LogP contribution in [0.15, 0.2) is 179 Å². The van der Waals surface area contributed by atoms with Crippen LogP contribution < -0.4 is 0 Å². The van der Waals surface area contributed by atoms with Crippen LogP contribution in [0.5, 0.6) is 0 Å². The first kappa shape index (κ1) is 31.7. The number of fused-ring (bicyclic) bond motifs is 6. The third-order valence-electron chi connectivity index (χ3n) is 10.0. The van der Waals surface area contributed by atoms with Crippen molar-refractivity contribution in [2.24, 2.45) is 0 Å². The number of aromatic nitrogens is 6. The molecule has 8 heteroatoms. The quantitative estimate of drug-likeness (QED) is 0.167. The largest absolute Gasteiger partial charge is 0.455 e. The van der Waals surface area contributed by atoms with Crippen LogP contribution in [0.2, 0.25) is 0 Å². The zero-order valence-corrected chi connectivity index (χ0v) is 29.7. The summed E-state index contributed by atoms with van der Waals surface area (Å²) in [5.41, 5.74) is 7.92. The van der Waals surface area contributed by atoms with E-state index in [-0.39, 0.29) is 0 Å². The lowest BCUT2D eigenvalue weighted by Crippen LogP contribution is -2.00. The molecule has 0 aliphatic rings. The van der Waals surface area contributed by atoms with Gasteiger partial charge in [0, 0.05) is 43.8 Å². The van der Waals surface area contributed by atoms with Crippen molar-refractivity contribution in [2.75, 3.05) is 0 Å². The van der Waals surface area contributed by atoms with Crippen LogP contribution in [0.4, 0.5) is 0 Å². The molecule has 0 fully saturated rings. The molecule has 11 rings (SSSR count). The summed E-state index contributed by atoms with van der Waals surface area (Å²) in [5.74, 6) is 3.29. The topological polar surface area (TPSA) is 104 Å². The predicted molar refractivity (Wildman–Crippen MR) is 220 cm³/mol. The summed E-state index contributed by atoms with van der Waals surface area (Å²) < 4.78 is 13.2. The Bertz CT molecular complexity index is 3190. The number of hydrogen-bond acceptors (Lipinski definition) is 8. The number of para-hydroxylation sites is 3. The Labute approximate surface area is 319 Å². The Balaban J connectivity index is 1.08. The minimum atomic E-state index is 0.490. The molecule has 0 atom stereocenters. The summed E-state index contributed by atoms with van der Waals surface area (Å²) in [6.07, 6.45) is 0. The second kappa shape index (κ2) is 12.9. The predicted octanol–water partition coefficient (Wildman–Crippen LogP) is 11.9. The molecule has 4 heterocycles. The molecule has 7 aromatic carbocycles. The zero-order chi connectivity index (χ0) is 37.0. The summed E-state index contributed by atoms with van der Waals surface area (Å²) in [4.78, 5) is 29.9.